The Hall–Kier alpha value is -2.08. The Morgan fingerprint density at radius 2 is 1.88 bits per heavy atom. The summed E-state index contributed by atoms with van der Waals surface area (Å²) in [6.07, 6.45) is 0. The molecular weight excluding hydrogens is 338 g/mol. The van der Waals surface area contributed by atoms with E-state index in [2.05, 4.69) is 15.5 Å². The molecule has 2 aromatic carbocycles. The van der Waals surface area contributed by atoms with Crippen molar-refractivity contribution in [3.8, 4) is 0 Å². The van der Waals surface area contributed by atoms with Crippen LogP contribution >= 0.6 is 11.6 Å². The Bertz CT molecular complexity index is 703. The van der Waals surface area contributed by atoms with Gasteiger partial charge in [-0.15, -0.1) is 0 Å². The molecule has 1 heterocycles. The van der Waals surface area contributed by atoms with Gasteiger partial charge in [0.1, 0.15) is 0 Å². The van der Waals surface area contributed by atoms with Gasteiger partial charge >= 0.3 is 6.03 Å². The van der Waals surface area contributed by atoms with Crippen LogP contribution in [0.5, 0.6) is 0 Å². The lowest BCUT2D eigenvalue weighted by atomic mass is 10.2. The largest absolute Gasteiger partial charge is 0.379 e. The van der Waals surface area contributed by atoms with E-state index in [0.717, 1.165) is 44.0 Å². The number of rotatable bonds is 5. The zero-order valence-electron chi connectivity index (χ0n) is 14.0. The lowest BCUT2D eigenvalue weighted by Gasteiger charge is -2.27. The van der Waals surface area contributed by atoms with E-state index in [4.69, 9.17) is 16.3 Å². The van der Waals surface area contributed by atoms with Crippen LogP contribution in [0.3, 0.4) is 0 Å². The van der Waals surface area contributed by atoms with E-state index in [1.165, 1.54) is 0 Å². The second-order valence-corrected chi connectivity index (χ2v) is 6.40. The number of ether oxygens (including phenoxy) is 1. The summed E-state index contributed by atoms with van der Waals surface area (Å²) < 4.78 is 5.36. The first-order valence-electron chi connectivity index (χ1n) is 8.38. The van der Waals surface area contributed by atoms with Crippen molar-refractivity contribution in [3.63, 3.8) is 0 Å². The number of anilines is 1. The zero-order chi connectivity index (χ0) is 17.5. The molecule has 1 aliphatic heterocycles. The summed E-state index contributed by atoms with van der Waals surface area (Å²) in [5.74, 6) is 0. The van der Waals surface area contributed by atoms with E-state index in [1.807, 2.05) is 42.5 Å². The number of hydrogen-bond donors (Lipinski definition) is 2. The molecule has 0 aromatic heterocycles. The minimum absolute atomic E-state index is 0.249. The number of morpholine rings is 1. The number of amides is 2. The first kappa shape index (κ1) is 17.7. The monoisotopic (exact) mass is 359 g/mol. The number of carbonyl (C=O) groups is 1. The van der Waals surface area contributed by atoms with Crippen LogP contribution in [-0.2, 0) is 17.8 Å². The molecule has 2 N–H and O–H groups in total. The van der Waals surface area contributed by atoms with E-state index in [1.54, 1.807) is 6.07 Å². The van der Waals surface area contributed by atoms with Gasteiger partial charge in [-0.1, -0.05) is 48.0 Å². The van der Waals surface area contributed by atoms with Crippen molar-refractivity contribution >= 4 is 23.3 Å². The number of benzene rings is 2. The van der Waals surface area contributed by atoms with Crippen molar-refractivity contribution in [3.05, 3.63) is 64.7 Å². The maximum Gasteiger partial charge on any atom is 0.319 e. The van der Waals surface area contributed by atoms with Crippen molar-refractivity contribution in [1.29, 1.82) is 0 Å². The van der Waals surface area contributed by atoms with Crippen molar-refractivity contribution < 1.29 is 9.53 Å². The molecule has 3 rings (SSSR count). The van der Waals surface area contributed by atoms with Gasteiger partial charge in [-0.05, 0) is 23.3 Å². The minimum Gasteiger partial charge on any atom is -0.379 e. The average molecular weight is 360 g/mol. The SMILES string of the molecule is O=C(NCc1ccccc1)Nc1ccc(CN2CCOCC2)c(Cl)c1. The summed E-state index contributed by atoms with van der Waals surface area (Å²) in [5, 5.41) is 6.31. The maximum atomic E-state index is 12.0. The third-order valence-corrected chi connectivity index (χ3v) is 4.46. The van der Waals surface area contributed by atoms with Gasteiger partial charge in [0.05, 0.1) is 13.2 Å². The number of urea groups is 1. The molecule has 25 heavy (non-hydrogen) atoms. The van der Waals surface area contributed by atoms with Crippen LogP contribution in [0.2, 0.25) is 5.02 Å². The Kier molecular flexibility index (Phi) is 6.28. The lowest BCUT2D eigenvalue weighted by Crippen LogP contribution is -2.35. The Balaban J connectivity index is 1.52. The molecule has 1 saturated heterocycles. The van der Waals surface area contributed by atoms with Crippen molar-refractivity contribution in [2.45, 2.75) is 13.1 Å². The van der Waals surface area contributed by atoms with Crippen LogP contribution in [0.25, 0.3) is 0 Å². The van der Waals surface area contributed by atoms with Crippen LogP contribution in [-0.4, -0.2) is 37.2 Å². The Morgan fingerprint density at radius 3 is 2.60 bits per heavy atom. The van der Waals surface area contributed by atoms with Crippen LogP contribution in [0, 0.1) is 0 Å². The number of halogens is 1. The molecule has 0 aliphatic carbocycles. The molecule has 5 nitrogen and oxygen atoms in total. The third kappa shape index (κ3) is 5.46. The lowest BCUT2D eigenvalue weighted by molar-refractivity contribution is 0.0342. The van der Waals surface area contributed by atoms with E-state index < -0.39 is 0 Å². The highest BCUT2D eigenvalue weighted by Crippen LogP contribution is 2.22. The van der Waals surface area contributed by atoms with Crippen molar-refractivity contribution in [2.75, 3.05) is 31.6 Å². The Labute approximate surface area is 152 Å². The molecule has 2 aromatic rings. The van der Waals surface area contributed by atoms with Gasteiger partial charge in [-0.2, -0.15) is 0 Å². The molecular formula is C19H22ClN3O2. The van der Waals surface area contributed by atoms with Crippen LogP contribution in [0.15, 0.2) is 48.5 Å². The summed E-state index contributed by atoms with van der Waals surface area (Å²) in [6, 6.07) is 15.2. The van der Waals surface area contributed by atoms with E-state index in [-0.39, 0.29) is 6.03 Å². The molecule has 0 saturated carbocycles. The fraction of sp³-hybridized carbons (Fsp3) is 0.316. The van der Waals surface area contributed by atoms with Crippen molar-refractivity contribution in [1.82, 2.24) is 10.2 Å². The summed E-state index contributed by atoms with van der Waals surface area (Å²) in [4.78, 5) is 14.3. The fourth-order valence-electron chi connectivity index (χ4n) is 2.71. The molecule has 1 aliphatic rings. The van der Waals surface area contributed by atoms with E-state index >= 15 is 0 Å². The molecule has 132 valence electrons. The molecule has 6 heteroatoms. The number of nitrogens with zero attached hydrogens (tertiary/aromatic N) is 1. The maximum absolute atomic E-state index is 12.0. The number of hydrogen-bond acceptors (Lipinski definition) is 3. The molecule has 0 bridgehead atoms. The van der Waals surface area contributed by atoms with Gasteiger partial charge < -0.3 is 15.4 Å². The van der Waals surface area contributed by atoms with E-state index in [9.17, 15) is 4.79 Å². The standard InChI is InChI=1S/C19H22ClN3O2/c20-18-12-17(7-6-16(18)14-23-8-10-25-11-9-23)22-19(24)21-13-15-4-2-1-3-5-15/h1-7,12H,8-11,13-14H2,(H2,21,22,24). The van der Waals surface area contributed by atoms with Gasteiger partial charge in [0, 0.05) is 36.9 Å². The van der Waals surface area contributed by atoms with Crippen LogP contribution in [0.4, 0.5) is 10.5 Å². The highest BCUT2D eigenvalue weighted by molar-refractivity contribution is 6.31. The van der Waals surface area contributed by atoms with Crippen LogP contribution < -0.4 is 10.6 Å². The minimum atomic E-state index is -0.249. The molecule has 1 fully saturated rings. The normalized spacial score (nSPS) is 14.9. The smallest absolute Gasteiger partial charge is 0.319 e. The Morgan fingerprint density at radius 1 is 1.12 bits per heavy atom. The molecule has 0 atom stereocenters. The quantitative estimate of drug-likeness (QED) is 0.859. The van der Waals surface area contributed by atoms with Gasteiger partial charge in [0.2, 0.25) is 0 Å². The predicted octanol–water partition coefficient (Wildman–Crippen LogP) is 3.49. The molecule has 0 spiro atoms. The van der Waals surface area contributed by atoms with Gasteiger partial charge in [-0.25, -0.2) is 4.79 Å². The summed E-state index contributed by atoms with van der Waals surface area (Å²) in [7, 11) is 0. The topological polar surface area (TPSA) is 53.6 Å². The van der Waals surface area contributed by atoms with Crippen LogP contribution in [0.1, 0.15) is 11.1 Å². The molecule has 0 radical (unpaired) electrons. The summed E-state index contributed by atoms with van der Waals surface area (Å²) >= 11 is 6.38. The second-order valence-electron chi connectivity index (χ2n) is 5.99. The zero-order valence-corrected chi connectivity index (χ0v) is 14.8. The summed E-state index contributed by atoms with van der Waals surface area (Å²) in [5.41, 5.74) is 2.79. The second kappa shape index (κ2) is 8.85. The molecule has 0 unspecified atom stereocenters. The number of nitrogens with one attached hydrogen (secondary N) is 2. The average Bonchev–Trinajstić information content (AvgIpc) is 2.64. The van der Waals surface area contributed by atoms with Gasteiger partial charge in [0.25, 0.3) is 0 Å². The van der Waals surface area contributed by atoms with Gasteiger partial charge in [-0.3, -0.25) is 4.90 Å². The third-order valence-electron chi connectivity index (χ3n) is 4.10. The number of carbonyl (C=O) groups excluding carboxylic acids is 1. The van der Waals surface area contributed by atoms with Gasteiger partial charge in [0.15, 0.2) is 0 Å². The first-order valence-corrected chi connectivity index (χ1v) is 8.76. The summed E-state index contributed by atoms with van der Waals surface area (Å²) in [6.45, 7) is 4.63. The first-order chi connectivity index (χ1) is 12.2. The van der Waals surface area contributed by atoms with Crippen molar-refractivity contribution in [2.24, 2.45) is 0 Å². The highest BCUT2D eigenvalue weighted by Gasteiger charge is 2.13. The highest BCUT2D eigenvalue weighted by atomic mass is 35.5. The molecule has 2 amide bonds. The van der Waals surface area contributed by atoms with E-state index in [0.29, 0.717) is 17.3 Å². The predicted molar refractivity (Wildman–Crippen MR) is 99.8 cm³/mol. The fourth-order valence-corrected chi connectivity index (χ4v) is 2.95.